The zero-order chi connectivity index (χ0) is 17.6. The molecule has 0 spiro atoms. The number of hydrogen-bond donors (Lipinski definition) is 1. The molecule has 1 aliphatic heterocycles. The fraction of sp³-hybridized carbons (Fsp3) is 0.588. The molecule has 2 rings (SSSR count). The maximum Gasteiger partial charge on any atom is 0.222 e. The summed E-state index contributed by atoms with van der Waals surface area (Å²) in [7, 11) is -3.18. The highest BCUT2D eigenvalue weighted by atomic mass is 32.2. The maximum absolute atomic E-state index is 12.1. The number of nitrogens with zero attached hydrogens (tertiary/aromatic N) is 1. The van der Waals surface area contributed by atoms with E-state index < -0.39 is 9.84 Å². The molecule has 1 heterocycles. The van der Waals surface area contributed by atoms with Crippen LogP contribution in [-0.4, -0.2) is 51.2 Å². The lowest BCUT2D eigenvalue weighted by Crippen LogP contribution is -2.45. The minimum Gasteiger partial charge on any atom is -0.494 e. The van der Waals surface area contributed by atoms with E-state index in [9.17, 15) is 13.2 Å². The summed E-state index contributed by atoms with van der Waals surface area (Å²) in [6, 6.07) is 6.48. The summed E-state index contributed by atoms with van der Waals surface area (Å²) in [6.45, 7) is 1.99. The minimum atomic E-state index is -3.18. The van der Waals surface area contributed by atoms with E-state index in [4.69, 9.17) is 10.5 Å². The van der Waals surface area contributed by atoms with Crippen molar-refractivity contribution in [1.29, 1.82) is 0 Å². The van der Waals surface area contributed by atoms with E-state index in [1.165, 1.54) is 18.4 Å². The minimum absolute atomic E-state index is 0.112. The molecule has 0 bridgehead atoms. The Hall–Kier alpha value is -1.60. The summed E-state index contributed by atoms with van der Waals surface area (Å²) in [5, 5.41) is 0. The average molecular weight is 354 g/mol. The lowest BCUT2D eigenvalue weighted by atomic mass is 10.1. The van der Waals surface area contributed by atoms with Gasteiger partial charge in [0.2, 0.25) is 5.91 Å². The van der Waals surface area contributed by atoms with Crippen LogP contribution >= 0.6 is 0 Å². The van der Waals surface area contributed by atoms with Gasteiger partial charge in [0.05, 0.1) is 11.5 Å². The molecule has 1 unspecified atom stereocenters. The van der Waals surface area contributed by atoms with Gasteiger partial charge in [-0.1, -0.05) is 0 Å². The fourth-order valence-electron chi connectivity index (χ4n) is 2.75. The van der Waals surface area contributed by atoms with Crippen molar-refractivity contribution in [3.63, 3.8) is 0 Å². The maximum atomic E-state index is 12.1. The van der Waals surface area contributed by atoms with E-state index in [1.807, 2.05) is 4.90 Å². The van der Waals surface area contributed by atoms with Crippen molar-refractivity contribution in [3.05, 3.63) is 24.3 Å². The van der Waals surface area contributed by atoms with Crippen molar-refractivity contribution in [1.82, 2.24) is 4.90 Å². The van der Waals surface area contributed by atoms with E-state index in [0.29, 0.717) is 25.3 Å². The van der Waals surface area contributed by atoms with Crippen LogP contribution in [0.1, 0.15) is 32.1 Å². The highest BCUT2D eigenvalue weighted by molar-refractivity contribution is 7.90. The fourth-order valence-corrected chi connectivity index (χ4v) is 3.38. The van der Waals surface area contributed by atoms with Crippen molar-refractivity contribution >= 4 is 15.7 Å². The number of benzene rings is 1. The lowest BCUT2D eigenvalue weighted by Gasteiger charge is -2.30. The van der Waals surface area contributed by atoms with Crippen molar-refractivity contribution in [3.8, 4) is 5.75 Å². The van der Waals surface area contributed by atoms with Crippen molar-refractivity contribution in [2.45, 2.75) is 43.0 Å². The molecule has 6 nitrogen and oxygen atoms in total. The first-order valence-electron chi connectivity index (χ1n) is 8.32. The van der Waals surface area contributed by atoms with Gasteiger partial charge >= 0.3 is 0 Å². The first-order valence-corrected chi connectivity index (χ1v) is 10.2. The number of carbonyl (C=O) groups excluding carboxylic acids is 1. The molecule has 0 aromatic heterocycles. The number of ether oxygens (including phenoxy) is 1. The molecular weight excluding hydrogens is 328 g/mol. The Morgan fingerprint density at radius 3 is 2.62 bits per heavy atom. The molecule has 0 aliphatic carbocycles. The second-order valence-corrected chi connectivity index (χ2v) is 8.31. The van der Waals surface area contributed by atoms with Gasteiger partial charge in [0.15, 0.2) is 9.84 Å². The molecule has 1 atom stereocenters. The third kappa shape index (κ3) is 5.79. The number of carbonyl (C=O) groups is 1. The highest BCUT2D eigenvalue weighted by Gasteiger charge is 2.20. The molecule has 134 valence electrons. The lowest BCUT2D eigenvalue weighted by molar-refractivity contribution is -0.132. The van der Waals surface area contributed by atoms with Crippen LogP contribution in [-0.2, 0) is 14.6 Å². The second kappa shape index (κ2) is 8.48. The summed E-state index contributed by atoms with van der Waals surface area (Å²) in [5.74, 6) is 0.804. The first kappa shape index (κ1) is 18.7. The zero-order valence-electron chi connectivity index (χ0n) is 14.1. The predicted molar refractivity (Wildman–Crippen MR) is 92.7 cm³/mol. The van der Waals surface area contributed by atoms with Crippen molar-refractivity contribution < 1.29 is 17.9 Å². The van der Waals surface area contributed by atoms with Gasteiger partial charge in [-0.25, -0.2) is 8.42 Å². The van der Waals surface area contributed by atoms with Gasteiger partial charge in [-0.05, 0) is 49.9 Å². The summed E-state index contributed by atoms with van der Waals surface area (Å²) >= 11 is 0. The van der Waals surface area contributed by atoms with Gasteiger partial charge in [-0.15, -0.1) is 0 Å². The van der Waals surface area contributed by atoms with Gasteiger partial charge < -0.3 is 15.4 Å². The summed E-state index contributed by atoms with van der Waals surface area (Å²) in [4.78, 5) is 14.2. The Bertz CT molecular complexity index is 643. The predicted octanol–water partition coefficient (Wildman–Crippen LogP) is 1.59. The quantitative estimate of drug-likeness (QED) is 0.751. The first-order chi connectivity index (χ1) is 11.4. The standard InChI is InChI=1S/C17H26N2O4S/c1-24(21,22)16-9-7-15(8-10-16)23-12-3-2-6-17(20)19-11-4-5-14(18)13-19/h7-10,14H,2-6,11-13,18H2,1H3. The molecule has 0 saturated carbocycles. The third-order valence-corrected chi connectivity index (χ3v) is 5.24. The largest absolute Gasteiger partial charge is 0.494 e. The number of hydrogen-bond acceptors (Lipinski definition) is 5. The van der Waals surface area contributed by atoms with Gasteiger partial charge in [0.1, 0.15) is 5.75 Å². The van der Waals surface area contributed by atoms with Gasteiger partial charge in [0, 0.05) is 31.8 Å². The van der Waals surface area contributed by atoms with Crippen LogP contribution in [0.25, 0.3) is 0 Å². The highest BCUT2D eigenvalue weighted by Crippen LogP contribution is 2.16. The Kier molecular flexibility index (Phi) is 6.62. The molecule has 2 N–H and O–H groups in total. The Labute approximate surface area is 143 Å². The Morgan fingerprint density at radius 1 is 1.29 bits per heavy atom. The molecule has 1 aromatic rings. The second-order valence-electron chi connectivity index (χ2n) is 6.29. The van der Waals surface area contributed by atoms with Crippen LogP contribution in [0.5, 0.6) is 5.75 Å². The molecule has 1 amide bonds. The topological polar surface area (TPSA) is 89.7 Å². The Balaban J connectivity index is 1.65. The van der Waals surface area contributed by atoms with Crippen LogP contribution in [0.3, 0.4) is 0 Å². The molecular formula is C17H26N2O4S. The monoisotopic (exact) mass is 354 g/mol. The molecule has 1 aromatic carbocycles. The van der Waals surface area contributed by atoms with Crippen LogP contribution in [0.2, 0.25) is 0 Å². The number of piperidine rings is 1. The SMILES string of the molecule is CS(=O)(=O)c1ccc(OCCCCC(=O)N2CCCC(N)C2)cc1. The van der Waals surface area contributed by atoms with Gasteiger partial charge in [-0.3, -0.25) is 4.79 Å². The molecule has 1 saturated heterocycles. The number of sulfone groups is 1. The number of rotatable bonds is 7. The molecule has 0 radical (unpaired) electrons. The summed E-state index contributed by atoms with van der Waals surface area (Å²) < 4.78 is 28.3. The van der Waals surface area contributed by atoms with E-state index in [0.717, 1.165) is 32.2 Å². The molecule has 1 aliphatic rings. The zero-order valence-corrected chi connectivity index (χ0v) is 14.9. The number of unbranched alkanes of at least 4 members (excludes halogenated alkanes) is 1. The average Bonchev–Trinajstić information content (AvgIpc) is 2.54. The summed E-state index contributed by atoms with van der Waals surface area (Å²) in [5.41, 5.74) is 5.89. The van der Waals surface area contributed by atoms with E-state index >= 15 is 0 Å². The van der Waals surface area contributed by atoms with Crippen molar-refractivity contribution in [2.24, 2.45) is 5.73 Å². The number of amides is 1. The van der Waals surface area contributed by atoms with E-state index in [1.54, 1.807) is 12.1 Å². The van der Waals surface area contributed by atoms with Gasteiger partial charge in [-0.2, -0.15) is 0 Å². The summed E-state index contributed by atoms with van der Waals surface area (Å²) in [6.07, 6.45) is 5.22. The Morgan fingerprint density at radius 2 is 2.00 bits per heavy atom. The number of nitrogens with two attached hydrogens (primary N) is 1. The van der Waals surface area contributed by atoms with Crippen LogP contribution in [0.15, 0.2) is 29.2 Å². The number of likely N-dealkylation sites (tertiary alicyclic amines) is 1. The van der Waals surface area contributed by atoms with E-state index in [2.05, 4.69) is 0 Å². The molecule has 24 heavy (non-hydrogen) atoms. The smallest absolute Gasteiger partial charge is 0.222 e. The van der Waals surface area contributed by atoms with Gasteiger partial charge in [0.25, 0.3) is 0 Å². The third-order valence-electron chi connectivity index (χ3n) is 4.12. The van der Waals surface area contributed by atoms with Crippen LogP contribution in [0.4, 0.5) is 0 Å². The molecule has 1 fully saturated rings. The van der Waals surface area contributed by atoms with E-state index in [-0.39, 0.29) is 16.8 Å². The normalized spacial score (nSPS) is 18.4. The van der Waals surface area contributed by atoms with Crippen molar-refractivity contribution in [2.75, 3.05) is 26.0 Å². The van der Waals surface area contributed by atoms with Crippen LogP contribution in [0, 0.1) is 0 Å². The van der Waals surface area contributed by atoms with Crippen LogP contribution < -0.4 is 10.5 Å². The molecule has 7 heteroatoms.